The van der Waals surface area contributed by atoms with Crippen molar-refractivity contribution in [2.45, 2.75) is 39.2 Å². The van der Waals surface area contributed by atoms with Gasteiger partial charge in [0.15, 0.2) is 0 Å². The lowest BCUT2D eigenvalue weighted by atomic mass is 9.90. The van der Waals surface area contributed by atoms with E-state index in [2.05, 4.69) is 27.4 Å². The second-order valence-electron chi connectivity index (χ2n) is 5.45. The molecule has 3 heterocycles. The first-order valence-electron chi connectivity index (χ1n) is 7.26. The van der Waals surface area contributed by atoms with E-state index in [4.69, 9.17) is 4.52 Å². The Morgan fingerprint density at radius 3 is 3.15 bits per heavy atom. The summed E-state index contributed by atoms with van der Waals surface area (Å²) < 4.78 is 5.45. The molecule has 0 bridgehead atoms. The van der Waals surface area contributed by atoms with Crippen molar-refractivity contribution >= 4 is 0 Å². The lowest BCUT2D eigenvalue weighted by Crippen LogP contribution is -2.31. The highest BCUT2D eigenvalue weighted by molar-refractivity contribution is 5.57. The summed E-state index contributed by atoms with van der Waals surface area (Å²) in [5.74, 6) is 2.07. The lowest BCUT2D eigenvalue weighted by molar-refractivity contribution is 0.246. The van der Waals surface area contributed by atoms with Gasteiger partial charge in [0, 0.05) is 18.0 Å². The Bertz CT molecular complexity index is 581. The first-order valence-corrected chi connectivity index (χ1v) is 7.26. The third-order valence-electron chi connectivity index (χ3n) is 4.11. The predicted octanol–water partition coefficient (Wildman–Crippen LogP) is 2.89. The van der Waals surface area contributed by atoms with Gasteiger partial charge < -0.3 is 9.84 Å². The van der Waals surface area contributed by atoms with Crippen LogP contribution in [0.4, 0.5) is 0 Å². The molecule has 2 aromatic rings. The van der Waals surface area contributed by atoms with Crippen molar-refractivity contribution in [1.29, 1.82) is 0 Å². The summed E-state index contributed by atoms with van der Waals surface area (Å²) in [6.07, 6.45) is 7.07. The maximum Gasteiger partial charge on any atom is 0.244 e. The molecule has 2 unspecified atom stereocenters. The number of piperidine rings is 1. The molecule has 1 N–H and O–H groups in total. The molecule has 0 aromatic carbocycles. The van der Waals surface area contributed by atoms with E-state index in [0.717, 1.165) is 30.0 Å². The normalized spacial score (nSPS) is 22.9. The molecule has 3 rings (SSSR count). The van der Waals surface area contributed by atoms with Crippen LogP contribution in [0.3, 0.4) is 0 Å². The summed E-state index contributed by atoms with van der Waals surface area (Å²) >= 11 is 0. The number of hydrogen-bond acceptors (Lipinski definition) is 5. The highest BCUT2D eigenvalue weighted by Crippen LogP contribution is 2.29. The molecular formula is C15H20N4O. The zero-order chi connectivity index (χ0) is 13.9. The van der Waals surface area contributed by atoms with Crippen molar-refractivity contribution in [3.63, 3.8) is 0 Å². The number of aromatic nitrogens is 3. The molecular weight excluding hydrogens is 252 g/mol. The van der Waals surface area contributed by atoms with Gasteiger partial charge >= 0.3 is 0 Å². The van der Waals surface area contributed by atoms with Crippen LogP contribution >= 0.6 is 0 Å². The second-order valence-corrected chi connectivity index (χ2v) is 5.45. The van der Waals surface area contributed by atoms with Gasteiger partial charge in [-0.1, -0.05) is 18.5 Å². The molecule has 2 atom stereocenters. The first kappa shape index (κ1) is 13.2. The molecule has 0 saturated carbocycles. The molecule has 2 aromatic heterocycles. The van der Waals surface area contributed by atoms with E-state index in [-0.39, 0.29) is 6.04 Å². The van der Waals surface area contributed by atoms with Crippen molar-refractivity contribution in [2.75, 3.05) is 6.54 Å². The molecule has 1 aliphatic heterocycles. The van der Waals surface area contributed by atoms with Crippen LogP contribution < -0.4 is 5.32 Å². The molecule has 0 aliphatic carbocycles. The summed E-state index contributed by atoms with van der Waals surface area (Å²) in [6, 6.07) is 2.14. The number of aryl methyl sites for hydroxylation is 1. The van der Waals surface area contributed by atoms with E-state index in [1.165, 1.54) is 12.8 Å². The lowest BCUT2D eigenvalue weighted by Gasteiger charge is -2.27. The summed E-state index contributed by atoms with van der Waals surface area (Å²) in [6.45, 7) is 5.29. The SMILES string of the molecule is CCC1CCNC(c2nc(-c3cnccc3C)no2)C1. The number of pyridine rings is 1. The van der Waals surface area contributed by atoms with Crippen LogP contribution in [0, 0.1) is 12.8 Å². The third-order valence-corrected chi connectivity index (χ3v) is 4.11. The molecule has 20 heavy (non-hydrogen) atoms. The average molecular weight is 272 g/mol. The van der Waals surface area contributed by atoms with Crippen molar-refractivity contribution in [3.05, 3.63) is 29.9 Å². The Morgan fingerprint density at radius 2 is 2.35 bits per heavy atom. The molecule has 5 nitrogen and oxygen atoms in total. The van der Waals surface area contributed by atoms with Gasteiger partial charge in [0.05, 0.1) is 6.04 Å². The Kier molecular flexibility index (Phi) is 3.78. The zero-order valence-corrected chi connectivity index (χ0v) is 12.0. The Balaban J connectivity index is 1.82. The van der Waals surface area contributed by atoms with Crippen molar-refractivity contribution in [3.8, 4) is 11.4 Å². The summed E-state index contributed by atoms with van der Waals surface area (Å²) in [5.41, 5.74) is 2.04. The third kappa shape index (κ3) is 2.58. The van der Waals surface area contributed by atoms with E-state index in [1.54, 1.807) is 12.4 Å². The van der Waals surface area contributed by atoms with Crippen molar-refractivity contribution < 1.29 is 4.52 Å². The molecule has 0 amide bonds. The smallest absolute Gasteiger partial charge is 0.244 e. The largest absolute Gasteiger partial charge is 0.337 e. The van der Waals surface area contributed by atoms with E-state index in [1.807, 2.05) is 13.0 Å². The van der Waals surface area contributed by atoms with E-state index in [9.17, 15) is 0 Å². The molecule has 0 spiro atoms. The number of hydrogen-bond donors (Lipinski definition) is 1. The topological polar surface area (TPSA) is 63.8 Å². The molecule has 5 heteroatoms. The van der Waals surface area contributed by atoms with Crippen LogP contribution in [-0.2, 0) is 0 Å². The van der Waals surface area contributed by atoms with Crippen LogP contribution in [0.1, 0.15) is 43.7 Å². The predicted molar refractivity (Wildman–Crippen MR) is 76.0 cm³/mol. The minimum atomic E-state index is 0.187. The minimum Gasteiger partial charge on any atom is -0.337 e. The molecule has 1 fully saturated rings. The number of nitrogens with zero attached hydrogens (tertiary/aromatic N) is 3. The highest BCUT2D eigenvalue weighted by Gasteiger charge is 2.26. The fraction of sp³-hybridized carbons (Fsp3) is 0.533. The Morgan fingerprint density at radius 1 is 1.45 bits per heavy atom. The zero-order valence-electron chi connectivity index (χ0n) is 12.0. The first-order chi connectivity index (χ1) is 9.78. The quantitative estimate of drug-likeness (QED) is 0.930. The van der Waals surface area contributed by atoms with Crippen LogP contribution in [0.25, 0.3) is 11.4 Å². The minimum absolute atomic E-state index is 0.187. The fourth-order valence-corrected chi connectivity index (χ4v) is 2.74. The van der Waals surface area contributed by atoms with Crippen molar-refractivity contribution in [1.82, 2.24) is 20.4 Å². The number of nitrogens with one attached hydrogen (secondary N) is 1. The number of rotatable bonds is 3. The maximum atomic E-state index is 5.45. The van der Waals surface area contributed by atoms with Crippen LogP contribution in [0.2, 0.25) is 0 Å². The van der Waals surface area contributed by atoms with Crippen LogP contribution in [0.5, 0.6) is 0 Å². The average Bonchev–Trinajstić information content (AvgIpc) is 2.97. The van der Waals surface area contributed by atoms with Gasteiger partial charge in [-0.25, -0.2) is 0 Å². The Hall–Kier alpha value is -1.75. The summed E-state index contributed by atoms with van der Waals surface area (Å²) in [7, 11) is 0. The second kappa shape index (κ2) is 5.71. The van der Waals surface area contributed by atoms with Gasteiger partial charge in [-0.3, -0.25) is 4.98 Å². The summed E-state index contributed by atoms with van der Waals surface area (Å²) in [4.78, 5) is 8.69. The van der Waals surface area contributed by atoms with E-state index >= 15 is 0 Å². The maximum absolute atomic E-state index is 5.45. The molecule has 106 valence electrons. The van der Waals surface area contributed by atoms with Gasteiger partial charge in [-0.15, -0.1) is 0 Å². The molecule has 0 radical (unpaired) electrons. The summed E-state index contributed by atoms with van der Waals surface area (Å²) in [5, 5.41) is 7.57. The van der Waals surface area contributed by atoms with Gasteiger partial charge in [0.1, 0.15) is 0 Å². The van der Waals surface area contributed by atoms with E-state index in [0.29, 0.717) is 11.7 Å². The molecule has 1 aliphatic rings. The van der Waals surface area contributed by atoms with Gasteiger partial charge in [0.2, 0.25) is 11.7 Å². The van der Waals surface area contributed by atoms with Gasteiger partial charge in [-0.2, -0.15) is 4.98 Å². The van der Waals surface area contributed by atoms with Crippen LogP contribution in [-0.4, -0.2) is 21.7 Å². The van der Waals surface area contributed by atoms with Crippen LogP contribution in [0.15, 0.2) is 23.0 Å². The monoisotopic (exact) mass is 272 g/mol. The standard InChI is InChI=1S/C15H20N4O/c1-3-11-5-7-17-13(8-11)15-18-14(19-20-15)12-9-16-6-4-10(12)2/h4,6,9,11,13,17H,3,5,7-8H2,1-2H3. The van der Waals surface area contributed by atoms with Gasteiger partial charge in [0.25, 0.3) is 0 Å². The van der Waals surface area contributed by atoms with Gasteiger partial charge in [-0.05, 0) is 43.9 Å². The van der Waals surface area contributed by atoms with E-state index < -0.39 is 0 Å². The fourth-order valence-electron chi connectivity index (χ4n) is 2.74. The highest BCUT2D eigenvalue weighted by atomic mass is 16.5. The van der Waals surface area contributed by atoms with Crippen molar-refractivity contribution in [2.24, 2.45) is 5.92 Å². The Labute approximate surface area is 118 Å². The molecule has 1 saturated heterocycles.